The number of aryl methyl sites for hydroxylation is 2. The summed E-state index contributed by atoms with van der Waals surface area (Å²) in [5.74, 6) is 0.212. The fourth-order valence-corrected chi connectivity index (χ4v) is 3.48. The van der Waals surface area contributed by atoms with Gasteiger partial charge in [0.05, 0.1) is 5.69 Å². The van der Waals surface area contributed by atoms with Gasteiger partial charge < -0.3 is 5.11 Å². The molecule has 0 spiro atoms. The third kappa shape index (κ3) is 4.06. The molecule has 4 nitrogen and oxygen atoms in total. The Kier molecular flexibility index (Phi) is 5.14. The molecular formula is C20H18N2O2S. The smallest absolute Gasteiger partial charge is 0.340 e. The summed E-state index contributed by atoms with van der Waals surface area (Å²) in [6.07, 6.45) is 0. The Morgan fingerprint density at radius 2 is 1.68 bits per heavy atom. The van der Waals surface area contributed by atoms with Gasteiger partial charge in [0.2, 0.25) is 0 Å². The zero-order valence-electron chi connectivity index (χ0n) is 14.1. The highest BCUT2D eigenvalue weighted by Crippen LogP contribution is 2.28. The van der Waals surface area contributed by atoms with Gasteiger partial charge in [-0.25, -0.2) is 14.8 Å². The van der Waals surface area contributed by atoms with Gasteiger partial charge in [-0.1, -0.05) is 60.2 Å². The number of hydrogen-bond donors (Lipinski definition) is 1. The maximum Gasteiger partial charge on any atom is 0.340 e. The molecule has 25 heavy (non-hydrogen) atoms. The van der Waals surface area contributed by atoms with Crippen LogP contribution in [0.1, 0.15) is 27.2 Å². The van der Waals surface area contributed by atoms with Crippen molar-refractivity contribution in [3.05, 3.63) is 77.0 Å². The van der Waals surface area contributed by atoms with Crippen LogP contribution in [-0.4, -0.2) is 21.0 Å². The molecule has 0 aliphatic rings. The lowest BCUT2D eigenvalue weighted by atomic mass is 10.2. The Labute approximate surface area is 151 Å². The van der Waals surface area contributed by atoms with Gasteiger partial charge in [-0.05, 0) is 19.4 Å². The Balaban J connectivity index is 1.96. The Hall–Kier alpha value is -2.66. The van der Waals surface area contributed by atoms with Crippen LogP contribution in [0.2, 0.25) is 0 Å². The largest absolute Gasteiger partial charge is 0.478 e. The quantitative estimate of drug-likeness (QED) is 0.531. The van der Waals surface area contributed by atoms with E-state index in [1.807, 2.05) is 37.3 Å². The first-order chi connectivity index (χ1) is 12.0. The summed E-state index contributed by atoms with van der Waals surface area (Å²) in [6.45, 7) is 3.76. The van der Waals surface area contributed by atoms with E-state index in [1.165, 1.54) is 17.3 Å². The maximum atomic E-state index is 11.7. The molecule has 0 amide bonds. The van der Waals surface area contributed by atoms with Crippen molar-refractivity contribution in [2.24, 2.45) is 0 Å². The Bertz CT molecular complexity index is 894. The number of thioether (sulfide) groups is 1. The van der Waals surface area contributed by atoms with E-state index < -0.39 is 5.97 Å². The Morgan fingerprint density at radius 3 is 2.32 bits per heavy atom. The molecule has 0 unspecified atom stereocenters. The first kappa shape index (κ1) is 17.2. The summed E-state index contributed by atoms with van der Waals surface area (Å²) >= 11 is 1.43. The lowest BCUT2D eigenvalue weighted by Crippen LogP contribution is -2.08. The van der Waals surface area contributed by atoms with Crippen LogP contribution in [0, 0.1) is 13.8 Å². The fourth-order valence-electron chi connectivity index (χ4n) is 2.45. The standard InChI is InChI=1S/C20H18N2O2S/c1-13-8-10-15(11-9-13)12-25-19-17(20(23)24)14(2)21-18(22-19)16-6-4-3-5-7-16/h3-11H,12H2,1-2H3,(H,23,24). The van der Waals surface area contributed by atoms with Crippen LogP contribution in [-0.2, 0) is 5.75 Å². The summed E-state index contributed by atoms with van der Waals surface area (Å²) in [4.78, 5) is 20.6. The molecule has 1 aromatic heterocycles. The van der Waals surface area contributed by atoms with Crippen LogP contribution in [0.15, 0.2) is 59.6 Å². The lowest BCUT2D eigenvalue weighted by molar-refractivity contribution is 0.0690. The summed E-state index contributed by atoms with van der Waals surface area (Å²) in [7, 11) is 0. The first-order valence-electron chi connectivity index (χ1n) is 7.90. The van der Waals surface area contributed by atoms with E-state index in [0.29, 0.717) is 22.3 Å². The molecule has 0 saturated heterocycles. The fraction of sp³-hybridized carbons (Fsp3) is 0.150. The molecule has 0 radical (unpaired) electrons. The number of rotatable bonds is 5. The van der Waals surface area contributed by atoms with Crippen molar-refractivity contribution in [2.45, 2.75) is 24.6 Å². The summed E-state index contributed by atoms with van der Waals surface area (Å²) in [5, 5.41) is 10.0. The van der Waals surface area contributed by atoms with Crippen molar-refractivity contribution in [1.29, 1.82) is 0 Å². The molecule has 0 atom stereocenters. The first-order valence-corrected chi connectivity index (χ1v) is 8.89. The Morgan fingerprint density at radius 1 is 1.00 bits per heavy atom. The number of carboxylic acids is 1. The molecule has 2 aromatic carbocycles. The lowest BCUT2D eigenvalue weighted by Gasteiger charge is -2.10. The van der Waals surface area contributed by atoms with E-state index in [9.17, 15) is 9.90 Å². The molecule has 1 heterocycles. The third-order valence-electron chi connectivity index (χ3n) is 3.80. The van der Waals surface area contributed by atoms with Crippen LogP contribution in [0.4, 0.5) is 0 Å². The molecule has 0 saturated carbocycles. The third-order valence-corrected chi connectivity index (χ3v) is 4.85. The number of nitrogens with zero attached hydrogens (tertiary/aromatic N) is 2. The highest BCUT2D eigenvalue weighted by molar-refractivity contribution is 7.98. The molecule has 5 heteroatoms. The topological polar surface area (TPSA) is 63.1 Å². The second-order valence-electron chi connectivity index (χ2n) is 5.76. The molecule has 3 rings (SSSR count). The van der Waals surface area contributed by atoms with E-state index in [4.69, 9.17) is 0 Å². The van der Waals surface area contributed by atoms with Crippen LogP contribution < -0.4 is 0 Å². The van der Waals surface area contributed by atoms with Crippen molar-refractivity contribution in [2.75, 3.05) is 0 Å². The van der Waals surface area contributed by atoms with Gasteiger partial charge >= 0.3 is 5.97 Å². The molecule has 0 bridgehead atoms. The number of carboxylic acid groups (broad SMARTS) is 1. The van der Waals surface area contributed by atoms with E-state index >= 15 is 0 Å². The highest BCUT2D eigenvalue weighted by Gasteiger charge is 2.19. The molecule has 0 aliphatic heterocycles. The van der Waals surface area contributed by atoms with Crippen LogP contribution in [0.25, 0.3) is 11.4 Å². The minimum absolute atomic E-state index is 0.178. The molecule has 126 valence electrons. The predicted molar refractivity (Wildman–Crippen MR) is 99.9 cm³/mol. The van der Waals surface area contributed by atoms with Gasteiger partial charge in [-0.3, -0.25) is 0 Å². The van der Waals surface area contributed by atoms with Gasteiger partial charge in [-0.15, -0.1) is 11.8 Å². The zero-order chi connectivity index (χ0) is 17.8. The summed E-state index contributed by atoms with van der Waals surface area (Å²) in [5.41, 5.74) is 3.86. The van der Waals surface area contributed by atoms with Crippen LogP contribution in [0.5, 0.6) is 0 Å². The monoisotopic (exact) mass is 350 g/mol. The molecule has 3 aromatic rings. The maximum absolute atomic E-state index is 11.7. The SMILES string of the molecule is Cc1ccc(CSc2nc(-c3ccccc3)nc(C)c2C(=O)O)cc1. The summed E-state index contributed by atoms with van der Waals surface area (Å²) < 4.78 is 0. The molecule has 0 aliphatic carbocycles. The minimum Gasteiger partial charge on any atom is -0.478 e. The predicted octanol–water partition coefficient (Wildman–Crippen LogP) is 4.75. The van der Waals surface area contributed by atoms with Crippen LogP contribution in [0.3, 0.4) is 0 Å². The second-order valence-corrected chi connectivity index (χ2v) is 6.72. The average molecular weight is 350 g/mol. The number of hydrogen-bond acceptors (Lipinski definition) is 4. The van der Waals surface area contributed by atoms with Gasteiger partial charge in [0, 0.05) is 11.3 Å². The van der Waals surface area contributed by atoms with Crippen molar-refractivity contribution >= 4 is 17.7 Å². The molecular weight excluding hydrogens is 332 g/mol. The van der Waals surface area contributed by atoms with Crippen molar-refractivity contribution in [3.63, 3.8) is 0 Å². The normalized spacial score (nSPS) is 10.6. The average Bonchev–Trinajstić information content (AvgIpc) is 2.61. The van der Waals surface area contributed by atoms with Gasteiger partial charge in [-0.2, -0.15) is 0 Å². The highest BCUT2D eigenvalue weighted by atomic mass is 32.2. The number of aromatic nitrogens is 2. The van der Waals surface area contributed by atoms with Crippen LogP contribution >= 0.6 is 11.8 Å². The summed E-state index contributed by atoms with van der Waals surface area (Å²) in [6, 6.07) is 17.8. The van der Waals surface area contributed by atoms with Crippen molar-refractivity contribution < 1.29 is 9.90 Å². The molecule has 0 fully saturated rings. The van der Waals surface area contributed by atoms with Crippen molar-refractivity contribution in [1.82, 2.24) is 9.97 Å². The van der Waals surface area contributed by atoms with E-state index in [1.54, 1.807) is 6.92 Å². The second kappa shape index (κ2) is 7.49. The molecule has 1 N–H and O–H groups in total. The van der Waals surface area contributed by atoms with Gasteiger partial charge in [0.15, 0.2) is 5.82 Å². The van der Waals surface area contributed by atoms with E-state index in [-0.39, 0.29) is 5.56 Å². The van der Waals surface area contributed by atoms with Gasteiger partial charge in [0.25, 0.3) is 0 Å². The van der Waals surface area contributed by atoms with Crippen molar-refractivity contribution in [3.8, 4) is 11.4 Å². The van der Waals surface area contributed by atoms with Gasteiger partial charge in [0.1, 0.15) is 10.6 Å². The van der Waals surface area contributed by atoms with E-state index in [2.05, 4.69) is 34.2 Å². The minimum atomic E-state index is -0.997. The number of carbonyl (C=O) groups is 1. The number of aromatic carboxylic acids is 1. The zero-order valence-corrected chi connectivity index (χ0v) is 14.9. The number of benzene rings is 2. The van der Waals surface area contributed by atoms with E-state index in [0.717, 1.165) is 11.1 Å².